The first-order chi connectivity index (χ1) is 8.43. The van der Waals surface area contributed by atoms with Gasteiger partial charge in [0, 0.05) is 17.8 Å². The van der Waals surface area contributed by atoms with Gasteiger partial charge in [0.1, 0.15) is 0 Å². The molecule has 0 fully saturated rings. The van der Waals surface area contributed by atoms with Crippen molar-refractivity contribution in [3.8, 4) is 0 Å². The summed E-state index contributed by atoms with van der Waals surface area (Å²) in [5.41, 5.74) is 0. The van der Waals surface area contributed by atoms with E-state index in [-0.39, 0.29) is 0 Å². The highest BCUT2D eigenvalue weighted by Gasteiger charge is 2.04. The molecular weight excluding hydrogens is 206 g/mol. The zero-order chi connectivity index (χ0) is 11.2. The van der Waals surface area contributed by atoms with Gasteiger partial charge >= 0.3 is 0 Å². The minimum Gasteiger partial charge on any atom is -0.366 e. The predicted molar refractivity (Wildman–Crippen MR) is 73.3 cm³/mol. The van der Waals surface area contributed by atoms with Crippen molar-refractivity contribution in [2.75, 3.05) is 0 Å². The van der Waals surface area contributed by atoms with E-state index in [2.05, 4.69) is 65.9 Å². The molecule has 0 atom stereocenters. The largest absolute Gasteiger partial charge is 0.366 e. The van der Waals surface area contributed by atoms with E-state index in [1.165, 1.54) is 32.3 Å². The number of hydrogen-bond donors (Lipinski definition) is 1. The number of hydrogen-bond acceptors (Lipinski definition) is 0. The van der Waals surface area contributed by atoms with Gasteiger partial charge in [-0.1, -0.05) is 48.5 Å². The lowest BCUT2D eigenvalue weighted by Crippen LogP contribution is -1.78. The summed E-state index contributed by atoms with van der Waals surface area (Å²) in [4.78, 5) is 3.19. The highest BCUT2D eigenvalue weighted by molar-refractivity contribution is 6.19. The van der Waals surface area contributed by atoms with Gasteiger partial charge < -0.3 is 4.98 Å². The first kappa shape index (κ1) is 8.82. The Labute approximate surface area is 98.7 Å². The van der Waals surface area contributed by atoms with Crippen LogP contribution < -0.4 is 0 Å². The van der Waals surface area contributed by atoms with Crippen LogP contribution in [0, 0.1) is 0 Å². The molecule has 3 aromatic carbocycles. The number of rotatable bonds is 0. The number of aromatic amines is 1. The summed E-state index contributed by atoms with van der Waals surface area (Å²) in [5, 5.41) is 7.86. The summed E-state index contributed by atoms with van der Waals surface area (Å²) in [5.74, 6) is 0. The molecule has 0 saturated heterocycles. The van der Waals surface area contributed by atoms with Crippen molar-refractivity contribution >= 4 is 32.3 Å². The van der Waals surface area contributed by atoms with Gasteiger partial charge in [0.15, 0.2) is 0 Å². The normalized spacial score (nSPS) is 11.5. The summed E-state index contributed by atoms with van der Waals surface area (Å²) in [6.07, 6.45) is 4.14. The lowest BCUT2D eigenvalue weighted by Gasteiger charge is -2.05. The average molecular weight is 217 g/mol. The van der Waals surface area contributed by atoms with Crippen molar-refractivity contribution in [2.45, 2.75) is 0 Å². The molecule has 4 rings (SSSR count). The first-order valence-corrected chi connectivity index (χ1v) is 5.80. The quantitative estimate of drug-likeness (QED) is 0.418. The van der Waals surface area contributed by atoms with Crippen molar-refractivity contribution in [2.24, 2.45) is 0 Å². The van der Waals surface area contributed by atoms with Gasteiger partial charge in [-0.3, -0.25) is 0 Å². The SMILES string of the molecule is c1ccc2c(c1)ccc1ccc3c[nH]cc3c12. The van der Waals surface area contributed by atoms with Crippen molar-refractivity contribution in [1.82, 2.24) is 4.98 Å². The van der Waals surface area contributed by atoms with Gasteiger partial charge in [-0.05, 0) is 26.9 Å². The molecule has 4 aromatic rings. The molecule has 80 valence electrons. The predicted octanol–water partition coefficient (Wildman–Crippen LogP) is 4.47. The minimum atomic E-state index is 1.27. The molecule has 1 aromatic heterocycles. The van der Waals surface area contributed by atoms with Crippen LogP contribution in [0.2, 0.25) is 0 Å². The van der Waals surface area contributed by atoms with Gasteiger partial charge in [-0.25, -0.2) is 0 Å². The van der Waals surface area contributed by atoms with E-state index in [1.807, 2.05) is 0 Å². The molecule has 17 heavy (non-hydrogen) atoms. The highest BCUT2D eigenvalue weighted by atomic mass is 14.6. The third-order valence-corrected chi connectivity index (χ3v) is 3.45. The van der Waals surface area contributed by atoms with Crippen LogP contribution >= 0.6 is 0 Å². The van der Waals surface area contributed by atoms with E-state index < -0.39 is 0 Å². The molecule has 0 saturated carbocycles. The fourth-order valence-corrected chi connectivity index (χ4v) is 2.64. The van der Waals surface area contributed by atoms with Crippen molar-refractivity contribution in [3.05, 3.63) is 60.9 Å². The standard InChI is InChI=1S/C16H11N/c1-2-4-14-11(3-1)5-6-12-7-8-13-9-17-10-15(13)16(12)14/h1-10,17H. The molecule has 0 unspecified atom stereocenters. The molecule has 0 radical (unpaired) electrons. The van der Waals surface area contributed by atoms with Gasteiger partial charge in [-0.15, -0.1) is 0 Å². The van der Waals surface area contributed by atoms with Crippen LogP contribution in [0.3, 0.4) is 0 Å². The molecule has 0 bridgehead atoms. The summed E-state index contributed by atoms with van der Waals surface area (Å²) < 4.78 is 0. The second kappa shape index (κ2) is 3.11. The number of fused-ring (bicyclic) bond motifs is 5. The first-order valence-electron chi connectivity index (χ1n) is 5.80. The Morgan fingerprint density at radius 2 is 1.35 bits per heavy atom. The third-order valence-electron chi connectivity index (χ3n) is 3.45. The van der Waals surface area contributed by atoms with Crippen molar-refractivity contribution in [1.29, 1.82) is 0 Å². The van der Waals surface area contributed by atoms with E-state index in [4.69, 9.17) is 0 Å². The summed E-state index contributed by atoms with van der Waals surface area (Å²) >= 11 is 0. The Kier molecular flexibility index (Phi) is 1.61. The van der Waals surface area contributed by atoms with E-state index >= 15 is 0 Å². The van der Waals surface area contributed by atoms with E-state index in [1.54, 1.807) is 0 Å². The Hall–Kier alpha value is -2.28. The molecule has 0 aliphatic rings. The van der Waals surface area contributed by atoms with E-state index in [9.17, 15) is 0 Å². The Balaban J connectivity index is 2.41. The van der Waals surface area contributed by atoms with Crippen LogP contribution in [-0.2, 0) is 0 Å². The Morgan fingerprint density at radius 1 is 0.588 bits per heavy atom. The fraction of sp³-hybridized carbons (Fsp3) is 0. The van der Waals surface area contributed by atoms with Crippen LogP contribution in [0.5, 0.6) is 0 Å². The monoisotopic (exact) mass is 217 g/mol. The maximum Gasteiger partial charge on any atom is 0.00908 e. The minimum absolute atomic E-state index is 1.27. The smallest absolute Gasteiger partial charge is 0.00908 e. The van der Waals surface area contributed by atoms with E-state index in [0.717, 1.165) is 0 Å². The molecule has 1 N–H and O–H groups in total. The lowest BCUT2D eigenvalue weighted by atomic mass is 9.99. The molecule has 0 spiro atoms. The Bertz CT molecular complexity index is 840. The molecule has 1 heterocycles. The van der Waals surface area contributed by atoms with Gasteiger partial charge in [0.25, 0.3) is 0 Å². The van der Waals surface area contributed by atoms with Crippen LogP contribution in [0.25, 0.3) is 32.3 Å². The topological polar surface area (TPSA) is 15.8 Å². The third kappa shape index (κ3) is 1.14. The summed E-state index contributed by atoms with van der Waals surface area (Å²) in [6.45, 7) is 0. The molecular formula is C16H11N. The van der Waals surface area contributed by atoms with Crippen molar-refractivity contribution < 1.29 is 0 Å². The molecule has 0 amide bonds. The molecule has 0 aliphatic carbocycles. The van der Waals surface area contributed by atoms with Crippen LogP contribution in [0.15, 0.2) is 60.9 Å². The molecule has 1 nitrogen and oxygen atoms in total. The lowest BCUT2D eigenvalue weighted by molar-refractivity contribution is 1.43. The van der Waals surface area contributed by atoms with E-state index in [0.29, 0.717) is 0 Å². The van der Waals surface area contributed by atoms with Crippen LogP contribution in [0.4, 0.5) is 0 Å². The Morgan fingerprint density at radius 3 is 2.29 bits per heavy atom. The van der Waals surface area contributed by atoms with Crippen LogP contribution in [-0.4, -0.2) is 4.98 Å². The average Bonchev–Trinajstić information content (AvgIpc) is 2.86. The number of aromatic nitrogens is 1. The number of nitrogens with one attached hydrogen (secondary N) is 1. The van der Waals surface area contributed by atoms with Gasteiger partial charge in [0.2, 0.25) is 0 Å². The number of H-pyrrole nitrogens is 1. The maximum absolute atomic E-state index is 3.19. The zero-order valence-electron chi connectivity index (χ0n) is 9.27. The molecule has 1 heteroatoms. The maximum atomic E-state index is 3.19. The fourth-order valence-electron chi connectivity index (χ4n) is 2.64. The van der Waals surface area contributed by atoms with Crippen LogP contribution in [0.1, 0.15) is 0 Å². The number of benzene rings is 3. The second-order valence-corrected chi connectivity index (χ2v) is 4.41. The van der Waals surface area contributed by atoms with Gasteiger partial charge in [-0.2, -0.15) is 0 Å². The van der Waals surface area contributed by atoms with Crippen molar-refractivity contribution in [3.63, 3.8) is 0 Å². The highest BCUT2D eigenvalue weighted by Crippen LogP contribution is 2.31. The summed E-state index contributed by atoms with van der Waals surface area (Å²) in [6, 6.07) is 17.3. The van der Waals surface area contributed by atoms with Gasteiger partial charge in [0.05, 0.1) is 0 Å². The molecule has 0 aliphatic heterocycles. The second-order valence-electron chi connectivity index (χ2n) is 4.41. The zero-order valence-corrected chi connectivity index (χ0v) is 9.27. The summed E-state index contributed by atoms with van der Waals surface area (Å²) in [7, 11) is 0.